The quantitative estimate of drug-likeness (QED) is 0.0842. The zero-order valence-corrected chi connectivity index (χ0v) is 22.7. The molecular formula is C31H26N4O7. The molecule has 2 amide bonds. The topological polar surface area (TPSA) is 149 Å². The molecule has 0 aliphatic heterocycles. The van der Waals surface area contributed by atoms with Crippen molar-refractivity contribution in [2.75, 3.05) is 11.9 Å². The summed E-state index contributed by atoms with van der Waals surface area (Å²) in [6.45, 7) is 3.97. The molecule has 0 saturated carbocycles. The van der Waals surface area contributed by atoms with Gasteiger partial charge in [0, 0.05) is 17.7 Å². The van der Waals surface area contributed by atoms with E-state index in [1.807, 2.05) is 19.1 Å². The van der Waals surface area contributed by atoms with Crippen LogP contribution in [0.4, 0.5) is 11.4 Å². The molecule has 0 aromatic heterocycles. The molecule has 4 aromatic rings. The van der Waals surface area contributed by atoms with Crippen LogP contribution in [0.3, 0.4) is 0 Å². The van der Waals surface area contributed by atoms with E-state index in [4.69, 9.17) is 9.47 Å². The number of nitro groups is 1. The number of amides is 2. The zero-order chi connectivity index (χ0) is 30.1. The standard InChI is InChI=1S/C31H26N4O7/c1-3-41-28-18-21(10-17-27(28)42-31(38)23-13-15-24(16-14-23)35(39)40)19-32-34-30(37)25-6-4-5-7-26(25)33-29(36)22-11-8-20(2)9-12-22/h4-19H,3H2,1-2H3,(H,33,36)(H,34,37)/b32-19-. The van der Waals surface area contributed by atoms with Crippen LogP contribution in [-0.4, -0.2) is 35.5 Å². The van der Waals surface area contributed by atoms with Crippen LogP contribution in [0.15, 0.2) is 96.1 Å². The largest absolute Gasteiger partial charge is 0.490 e. The molecule has 11 nitrogen and oxygen atoms in total. The van der Waals surface area contributed by atoms with E-state index < -0.39 is 16.8 Å². The van der Waals surface area contributed by atoms with Gasteiger partial charge in [0.05, 0.1) is 34.6 Å². The lowest BCUT2D eigenvalue weighted by Gasteiger charge is -2.11. The Hall–Kier alpha value is -5.84. The van der Waals surface area contributed by atoms with Crippen LogP contribution in [0.2, 0.25) is 0 Å². The summed E-state index contributed by atoms with van der Waals surface area (Å²) in [4.78, 5) is 48.4. The van der Waals surface area contributed by atoms with E-state index in [1.54, 1.807) is 55.5 Å². The van der Waals surface area contributed by atoms with Crippen LogP contribution in [0.25, 0.3) is 0 Å². The smallest absolute Gasteiger partial charge is 0.343 e. The highest BCUT2D eigenvalue weighted by atomic mass is 16.6. The summed E-state index contributed by atoms with van der Waals surface area (Å²) < 4.78 is 11.0. The average molecular weight is 567 g/mol. The molecule has 0 aliphatic rings. The van der Waals surface area contributed by atoms with Crippen molar-refractivity contribution in [3.63, 3.8) is 0 Å². The lowest BCUT2D eigenvalue weighted by Crippen LogP contribution is -2.21. The van der Waals surface area contributed by atoms with Crippen molar-refractivity contribution < 1.29 is 28.8 Å². The highest BCUT2D eigenvalue weighted by Gasteiger charge is 2.16. The molecule has 0 radical (unpaired) electrons. The van der Waals surface area contributed by atoms with Crippen LogP contribution in [0.1, 0.15) is 49.1 Å². The number of hydrogen-bond acceptors (Lipinski definition) is 8. The first-order valence-electron chi connectivity index (χ1n) is 12.8. The fourth-order valence-electron chi connectivity index (χ4n) is 3.75. The number of nitrogens with one attached hydrogen (secondary N) is 2. The lowest BCUT2D eigenvalue weighted by molar-refractivity contribution is -0.384. The van der Waals surface area contributed by atoms with Crippen LogP contribution in [-0.2, 0) is 0 Å². The molecule has 2 N–H and O–H groups in total. The normalized spacial score (nSPS) is 10.6. The van der Waals surface area contributed by atoms with Crippen LogP contribution < -0.4 is 20.2 Å². The monoisotopic (exact) mass is 566 g/mol. The Labute approximate surface area is 240 Å². The van der Waals surface area contributed by atoms with E-state index in [0.717, 1.165) is 5.56 Å². The van der Waals surface area contributed by atoms with Crippen molar-refractivity contribution in [2.24, 2.45) is 5.10 Å². The second kappa shape index (κ2) is 13.5. The molecule has 0 bridgehead atoms. The van der Waals surface area contributed by atoms with Crippen molar-refractivity contribution in [3.8, 4) is 11.5 Å². The zero-order valence-electron chi connectivity index (χ0n) is 22.7. The van der Waals surface area contributed by atoms with Gasteiger partial charge in [0.15, 0.2) is 11.5 Å². The average Bonchev–Trinajstić information content (AvgIpc) is 2.99. The molecule has 0 aliphatic carbocycles. The Morgan fingerprint density at radius 1 is 0.881 bits per heavy atom. The molecule has 0 spiro atoms. The molecule has 0 heterocycles. The van der Waals surface area contributed by atoms with Gasteiger partial charge in [-0.2, -0.15) is 5.10 Å². The van der Waals surface area contributed by atoms with Gasteiger partial charge in [0.1, 0.15) is 0 Å². The van der Waals surface area contributed by atoms with Crippen LogP contribution >= 0.6 is 0 Å². The number of carbonyl (C=O) groups is 3. The van der Waals surface area contributed by atoms with Crippen LogP contribution in [0, 0.1) is 17.0 Å². The maximum Gasteiger partial charge on any atom is 0.343 e. The summed E-state index contributed by atoms with van der Waals surface area (Å²) in [5, 5.41) is 17.6. The number of nitro benzene ring substituents is 1. The van der Waals surface area contributed by atoms with Crippen molar-refractivity contribution in [1.29, 1.82) is 0 Å². The third kappa shape index (κ3) is 7.42. The second-order valence-electron chi connectivity index (χ2n) is 8.90. The van der Waals surface area contributed by atoms with Gasteiger partial charge in [-0.1, -0.05) is 29.8 Å². The summed E-state index contributed by atoms with van der Waals surface area (Å²) in [5.74, 6) is -1.21. The lowest BCUT2D eigenvalue weighted by atomic mass is 10.1. The molecule has 4 aromatic carbocycles. The molecule has 0 saturated heterocycles. The number of non-ortho nitro benzene ring substituents is 1. The van der Waals surface area contributed by atoms with E-state index in [2.05, 4.69) is 15.8 Å². The Balaban J connectivity index is 1.43. The number of benzene rings is 4. The number of anilines is 1. The summed E-state index contributed by atoms with van der Waals surface area (Å²) >= 11 is 0. The minimum Gasteiger partial charge on any atom is -0.490 e. The number of carbonyl (C=O) groups excluding carboxylic acids is 3. The highest BCUT2D eigenvalue weighted by Crippen LogP contribution is 2.29. The van der Waals surface area contributed by atoms with Gasteiger partial charge in [-0.15, -0.1) is 0 Å². The number of aryl methyl sites for hydroxylation is 1. The van der Waals surface area contributed by atoms with Gasteiger partial charge in [0.25, 0.3) is 17.5 Å². The van der Waals surface area contributed by atoms with Gasteiger partial charge < -0.3 is 14.8 Å². The molecule has 4 rings (SSSR count). The number of para-hydroxylation sites is 1. The number of nitrogens with zero attached hydrogens (tertiary/aromatic N) is 2. The molecule has 0 unspecified atom stereocenters. The molecular weight excluding hydrogens is 540 g/mol. The summed E-state index contributed by atoms with van der Waals surface area (Å²) in [7, 11) is 0. The number of ether oxygens (including phenoxy) is 2. The maximum absolute atomic E-state index is 12.9. The second-order valence-corrected chi connectivity index (χ2v) is 8.90. The first-order valence-corrected chi connectivity index (χ1v) is 12.8. The SMILES string of the molecule is CCOc1cc(/C=N\NC(=O)c2ccccc2NC(=O)c2ccc(C)cc2)ccc1OC(=O)c1ccc([N+](=O)[O-])cc1. The van der Waals surface area contributed by atoms with Gasteiger partial charge in [-0.25, -0.2) is 10.2 Å². The van der Waals surface area contributed by atoms with E-state index in [9.17, 15) is 24.5 Å². The minimum atomic E-state index is -0.715. The van der Waals surface area contributed by atoms with Gasteiger partial charge in [0.2, 0.25) is 0 Å². The highest BCUT2D eigenvalue weighted by molar-refractivity contribution is 6.09. The molecule has 0 atom stereocenters. The van der Waals surface area contributed by atoms with Gasteiger partial charge in [-0.05, 0) is 74.0 Å². The van der Waals surface area contributed by atoms with E-state index in [1.165, 1.54) is 36.5 Å². The van der Waals surface area contributed by atoms with E-state index in [0.29, 0.717) is 16.8 Å². The Morgan fingerprint density at radius 2 is 1.57 bits per heavy atom. The number of hydrogen-bond donors (Lipinski definition) is 2. The Morgan fingerprint density at radius 3 is 2.26 bits per heavy atom. The fraction of sp³-hybridized carbons (Fsp3) is 0.0968. The first kappa shape index (κ1) is 29.2. The van der Waals surface area contributed by atoms with E-state index in [-0.39, 0.29) is 40.8 Å². The van der Waals surface area contributed by atoms with Crippen molar-refractivity contribution >= 4 is 35.4 Å². The van der Waals surface area contributed by atoms with Crippen molar-refractivity contribution in [1.82, 2.24) is 5.43 Å². The number of hydrazone groups is 1. The summed E-state index contributed by atoms with van der Waals surface area (Å²) in [6, 6.07) is 23.3. The minimum absolute atomic E-state index is 0.131. The van der Waals surface area contributed by atoms with Crippen LogP contribution in [0.5, 0.6) is 11.5 Å². The van der Waals surface area contributed by atoms with Crippen molar-refractivity contribution in [3.05, 3.63) is 129 Å². The number of esters is 1. The molecule has 212 valence electrons. The predicted octanol–water partition coefficient (Wildman–Crippen LogP) is 5.54. The van der Waals surface area contributed by atoms with Crippen molar-refractivity contribution in [2.45, 2.75) is 13.8 Å². The van der Waals surface area contributed by atoms with Gasteiger partial charge >= 0.3 is 5.97 Å². The summed E-state index contributed by atoms with van der Waals surface area (Å²) in [5.41, 5.74) is 5.00. The molecule has 42 heavy (non-hydrogen) atoms. The Bertz CT molecular complexity index is 1650. The predicted molar refractivity (Wildman–Crippen MR) is 156 cm³/mol. The fourth-order valence-corrected chi connectivity index (χ4v) is 3.75. The first-order chi connectivity index (χ1) is 20.2. The van der Waals surface area contributed by atoms with Gasteiger partial charge in [-0.3, -0.25) is 19.7 Å². The third-order valence-electron chi connectivity index (χ3n) is 5.90. The number of rotatable bonds is 10. The maximum atomic E-state index is 12.9. The summed E-state index contributed by atoms with van der Waals surface area (Å²) in [6.07, 6.45) is 1.38. The van der Waals surface area contributed by atoms with E-state index >= 15 is 0 Å². The molecule has 11 heteroatoms. The molecule has 0 fully saturated rings. The third-order valence-corrected chi connectivity index (χ3v) is 5.90. The Kier molecular flexibility index (Phi) is 9.36.